The predicted molar refractivity (Wildman–Crippen MR) is 76.2 cm³/mol. The molecule has 1 N–H and O–H groups in total. The van der Waals surface area contributed by atoms with Crippen LogP contribution in [0.15, 0.2) is 53.4 Å². The lowest BCUT2D eigenvalue weighted by atomic mass is 10.1. The van der Waals surface area contributed by atoms with Crippen LogP contribution in [0.4, 0.5) is 0 Å². The van der Waals surface area contributed by atoms with Gasteiger partial charge in [0.15, 0.2) is 0 Å². The molecule has 2 aromatic carbocycles. The lowest BCUT2D eigenvalue weighted by molar-refractivity contribution is 0.402. The smallest absolute Gasteiger partial charge is 0.202 e. The average molecular weight is 289 g/mol. The molecule has 3 rings (SSSR count). The SMILES string of the molecule is COc1ccccc1S(=O)(=O)C1NCc2ccccc21. The quantitative estimate of drug-likeness (QED) is 0.942. The van der Waals surface area contributed by atoms with Gasteiger partial charge in [-0.25, -0.2) is 8.42 Å². The number of hydrogen-bond acceptors (Lipinski definition) is 4. The van der Waals surface area contributed by atoms with E-state index in [2.05, 4.69) is 5.32 Å². The van der Waals surface area contributed by atoms with Crippen molar-refractivity contribution < 1.29 is 13.2 Å². The maximum Gasteiger partial charge on any atom is 0.202 e. The second kappa shape index (κ2) is 4.92. The molecule has 0 radical (unpaired) electrons. The Balaban J connectivity index is 2.10. The van der Waals surface area contributed by atoms with Crippen LogP contribution in [0.1, 0.15) is 16.5 Å². The molecule has 0 amide bonds. The number of benzene rings is 2. The Kier molecular flexibility index (Phi) is 3.23. The molecule has 0 aromatic heterocycles. The highest BCUT2D eigenvalue weighted by atomic mass is 32.2. The molecule has 1 atom stereocenters. The summed E-state index contributed by atoms with van der Waals surface area (Å²) in [7, 11) is -2.05. The second-order valence-corrected chi connectivity index (χ2v) is 6.66. The number of ether oxygens (including phenoxy) is 1. The molecule has 1 unspecified atom stereocenters. The van der Waals surface area contributed by atoms with Crippen molar-refractivity contribution in [2.24, 2.45) is 0 Å². The van der Waals surface area contributed by atoms with Gasteiger partial charge >= 0.3 is 0 Å². The van der Waals surface area contributed by atoms with Crippen molar-refractivity contribution in [2.45, 2.75) is 16.8 Å². The van der Waals surface area contributed by atoms with Gasteiger partial charge in [-0.3, -0.25) is 5.32 Å². The van der Waals surface area contributed by atoms with Gasteiger partial charge < -0.3 is 4.74 Å². The zero-order valence-corrected chi connectivity index (χ0v) is 11.9. The summed E-state index contributed by atoms with van der Waals surface area (Å²) in [6.45, 7) is 0.565. The summed E-state index contributed by atoms with van der Waals surface area (Å²) >= 11 is 0. The third-order valence-corrected chi connectivity index (χ3v) is 5.49. The number of hydrogen-bond donors (Lipinski definition) is 1. The van der Waals surface area contributed by atoms with E-state index in [0.29, 0.717) is 12.3 Å². The monoisotopic (exact) mass is 289 g/mol. The highest BCUT2D eigenvalue weighted by Gasteiger charge is 2.35. The lowest BCUT2D eigenvalue weighted by Gasteiger charge is -2.15. The maximum atomic E-state index is 12.8. The average Bonchev–Trinajstić information content (AvgIpc) is 2.92. The fourth-order valence-corrected chi connectivity index (χ4v) is 4.34. The summed E-state index contributed by atoms with van der Waals surface area (Å²) in [6.07, 6.45) is 0. The molecular formula is C15H15NO3S. The highest BCUT2D eigenvalue weighted by Crippen LogP contribution is 2.36. The number of fused-ring (bicyclic) bond motifs is 1. The fraction of sp³-hybridized carbons (Fsp3) is 0.200. The molecule has 0 fully saturated rings. The van der Waals surface area contributed by atoms with Crippen LogP contribution in [0.25, 0.3) is 0 Å². The number of rotatable bonds is 3. The third kappa shape index (κ3) is 1.99. The van der Waals surface area contributed by atoms with Crippen LogP contribution in [0.5, 0.6) is 5.75 Å². The van der Waals surface area contributed by atoms with Crippen LogP contribution in [0, 0.1) is 0 Å². The van der Waals surface area contributed by atoms with Crippen molar-refractivity contribution in [1.29, 1.82) is 0 Å². The minimum absolute atomic E-state index is 0.219. The largest absolute Gasteiger partial charge is 0.495 e. The lowest BCUT2D eigenvalue weighted by Crippen LogP contribution is -2.23. The van der Waals surface area contributed by atoms with Gasteiger partial charge in [-0.1, -0.05) is 36.4 Å². The van der Waals surface area contributed by atoms with E-state index in [1.165, 1.54) is 7.11 Å². The molecule has 0 spiro atoms. The van der Waals surface area contributed by atoms with Gasteiger partial charge in [-0.2, -0.15) is 0 Å². The van der Waals surface area contributed by atoms with Crippen molar-refractivity contribution >= 4 is 9.84 Å². The Morgan fingerprint density at radius 3 is 2.60 bits per heavy atom. The molecule has 0 bridgehead atoms. The van der Waals surface area contributed by atoms with E-state index < -0.39 is 15.2 Å². The van der Waals surface area contributed by atoms with Crippen molar-refractivity contribution in [2.75, 3.05) is 7.11 Å². The summed E-state index contributed by atoms with van der Waals surface area (Å²) in [5.41, 5.74) is 1.84. The van der Waals surface area contributed by atoms with Crippen LogP contribution >= 0.6 is 0 Å². The molecule has 2 aromatic rings. The van der Waals surface area contributed by atoms with Gasteiger partial charge in [0.25, 0.3) is 0 Å². The molecule has 1 aliphatic heterocycles. The summed E-state index contributed by atoms with van der Waals surface area (Å²) in [4.78, 5) is 0.219. The van der Waals surface area contributed by atoms with Gasteiger partial charge in [0.2, 0.25) is 9.84 Å². The Hall–Kier alpha value is -1.85. The first kappa shape index (κ1) is 13.1. The molecule has 0 aliphatic carbocycles. The van der Waals surface area contributed by atoms with Gasteiger partial charge in [0.05, 0.1) is 7.11 Å². The molecule has 4 nitrogen and oxygen atoms in total. The van der Waals surface area contributed by atoms with Crippen LogP contribution in [-0.2, 0) is 16.4 Å². The Morgan fingerprint density at radius 1 is 1.10 bits per heavy atom. The van der Waals surface area contributed by atoms with Crippen molar-refractivity contribution in [1.82, 2.24) is 5.32 Å². The first-order chi connectivity index (χ1) is 9.64. The van der Waals surface area contributed by atoms with Gasteiger partial charge in [-0.15, -0.1) is 0 Å². The third-order valence-electron chi connectivity index (χ3n) is 3.50. The molecule has 0 saturated carbocycles. The Labute approximate surface area is 118 Å². The minimum Gasteiger partial charge on any atom is -0.495 e. The van der Waals surface area contributed by atoms with E-state index >= 15 is 0 Å². The van der Waals surface area contributed by atoms with Gasteiger partial charge in [0, 0.05) is 6.54 Å². The van der Waals surface area contributed by atoms with E-state index in [-0.39, 0.29) is 4.90 Å². The summed E-state index contributed by atoms with van der Waals surface area (Å²) in [6, 6.07) is 14.3. The van der Waals surface area contributed by atoms with E-state index in [0.717, 1.165) is 11.1 Å². The summed E-state index contributed by atoms with van der Waals surface area (Å²) in [5.74, 6) is 0.374. The molecule has 104 valence electrons. The molecule has 5 heteroatoms. The first-order valence-corrected chi connectivity index (χ1v) is 7.87. The maximum absolute atomic E-state index is 12.8. The first-order valence-electron chi connectivity index (χ1n) is 6.32. The van der Waals surface area contributed by atoms with Crippen LogP contribution in [0.3, 0.4) is 0 Å². The molecule has 0 saturated heterocycles. The van der Waals surface area contributed by atoms with Gasteiger partial charge in [-0.05, 0) is 23.3 Å². The Bertz CT molecular complexity index is 740. The fourth-order valence-electron chi connectivity index (χ4n) is 2.52. The number of nitrogens with one attached hydrogen (secondary N) is 1. The Morgan fingerprint density at radius 2 is 1.80 bits per heavy atom. The van der Waals surface area contributed by atoms with Crippen molar-refractivity contribution in [3.8, 4) is 5.75 Å². The van der Waals surface area contributed by atoms with Crippen LogP contribution < -0.4 is 10.1 Å². The van der Waals surface area contributed by atoms with Crippen molar-refractivity contribution in [3.05, 3.63) is 59.7 Å². The zero-order valence-electron chi connectivity index (χ0n) is 11.0. The number of sulfone groups is 1. The standard InChI is InChI=1S/C15H15NO3S/c1-19-13-8-4-5-9-14(13)20(17,18)15-12-7-3-2-6-11(12)10-16-15/h2-9,15-16H,10H2,1H3. The highest BCUT2D eigenvalue weighted by molar-refractivity contribution is 7.91. The van der Waals surface area contributed by atoms with E-state index in [9.17, 15) is 8.42 Å². The van der Waals surface area contributed by atoms with Crippen molar-refractivity contribution in [3.63, 3.8) is 0 Å². The number of methoxy groups -OCH3 is 1. The molecular weight excluding hydrogens is 274 g/mol. The zero-order chi connectivity index (χ0) is 14.2. The minimum atomic E-state index is -3.53. The topological polar surface area (TPSA) is 55.4 Å². The normalized spacial score (nSPS) is 17.8. The molecule has 1 aliphatic rings. The summed E-state index contributed by atoms with van der Waals surface area (Å²) < 4.78 is 30.8. The predicted octanol–water partition coefficient (Wildman–Crippen LogP) is 2.27. The van der Waals surface area contributed by atoms with E-state index in [1.54, 1.807) is 24.3 Å². The molecule has 20 heavy (non-hydrogen) atoms. The number of para-hydroxylation sites is 1. The van der Waals surface area contributed by atoms with Crippen LogP contribution in [-0.4, -0.2) is 15.5 Å². The second-order valence-electron chi connectivity index (χ2n) is 4.66. The van der Waals surface area contributed by atoms with E-state index in [1.807, 2.05) is 24.3 Å². The molecule has 1 heterocycles. The summed E-state index contributed by atoms with van der Waals surface area (Å²) in [5, 5.41) is 2.36. The van der Waals surface area contributed by atoms with Gasteiger partial charge in [0.1, 0.15) is 16.0 Å². The van der Waals surface area contributed by atoms with Crippen LogP contribution in [0.2, 0.25) is 0 Å². The van der Waals surface area contributed by atoms with E-state index in [4.69, 9.17) is 4.74 Å².